The summed E-state index contributed by atoms with van der Waals surface area (Å²) in [5.74, 6) is 1.31. The zero-order valence-electron chi connectivity index (χ0n) is 20.8. The molecule has 1 aromatic heterocycles. The van der Waals surface area contributed by atoms with Crippen molar-refractivity contribution < 1.29 is 4.79 Å². The second-order valence-corrected chi connectivity index (χ2v) is 9.82. The van der Waals surface area contributed by atoms with E-state index in [1.807, 2.05) is 29.2 Å². The maximum atomic E-state index is 13.1. The van der Waals surface area contributed by atoms with Gasteiger partial charge in [0.25, 0.3) is 0 Å². The molecule has 1 aliphatic rings. The Bertz CT molecular complexity index is 1340. The van der Waals surface area contributed by atoms with Gasteiger partial charge < -0.3 is 9.47 Å². The standard InChI is InChI=1S/C30H33N3O/c1-19-15-20(2)22(4)26(21(19)3)18-33-28-14-10-9-13-27(28)31-30(33)25-16-29(34)32(17-25)23(5)24-11-7-6-8-12-24/h6-15,23,25H,16-18H2,1-5H3. The molecule has 4 aromatic rings. The van der Waals surface area contributed by atoms with Crippen molar-refractivity contribution in [2.75, 3.05) is 6.54 Å². The predicted octanol–water partition coefficient (Wildman–Crippen LogP) is 6.40. The van der Waals surface area contributed by atoms with E-state index >= 15 is 0 Å². The van der Waals surface area contributed by atoms with Gasteiger partial charge in [-0.05, 0) is 80.1 Å². The summed E-state index contributed by atoms with van der Waals surface area (Å²) in [6, 6.07) is 21.0. The third-order valence-corrected chi connectivity index (χ3v) is 7.79. The first-order valence-corrected chi connectivity index (χ1v) is 12.2. The van der Waals surface area contributed by atoms with Gasteiger partial charge in [-0.15, -0.1) is 0 Å². The van der Waals surface area contributed by atoms with Crippen LogP contribution in [0.15, 0.2) is 60.7 Å². The third kappa shape index (κ3) is 3.81. The second kappa shape index (κ2) is 8.75. The number of imidazole rings is 1. The van der Waals surface area contributed by atoms with E-state index in [4.69, 9.17) is 4.98 Å². The molecule has 1 saturated heterocycles. The number of fused-ring (bicyclic) bond motifs is 1. The molecule has 0 aliphatic carbocycles. The number of benzene rings is 3. The minimum absolute atomic E-state index is 0.0560. The maximum absolute atomic E-state index is 13.1. The number of aromatic nitrogens is 2. The van der Waals surface area contributed by atoms with Crippen LogP contribution in [0.3, 0.4) is 0 Å². The molecule has 4 heteroatoms. The molecule has 2 heterocycles. The quantitative estimate of drug-likeness (QED) is 0.352. The highest BCUT2D eigenvalue weighted by Gasteiger charge is 2.36. The van der Waals surface area contributed by atoms with Gasteiger partial charge in [-0.25, -0.2) is 4.98 Å². The maximum Gasteiger partial charge on any atom is 0.223 e. The lowest BCUT2D eigenvalue weighted by Gasteiger charge is -2.25. The molecule has 2 unspecified atom stereocenters. The van der Waals surface area contributed by atoms with Crippen molar-refractivity contribution in [2.24, 2.45) is 0 Å². The van der Waals surface area contributed by atoms with Gasteiger partial charge >= 0.3 is 0 Å². The Kier molecular flexibility index (Phi) is 5.76. The van der Waals surface area contributed by atoms with Gasteiger partial charge in [0, 0.05) is 25.4 Å². The Hall–Kier alpha value is -3.40. The van der Waals surface area contributed by atoms with Crippen molar-refractivity contribution in [3.8, 4) is 0 Å². The van der Waals surface area contributed by atoms with E-state index < -0.39 is 0 Å². The fourth-order valence-electron chi connectivity index (χ4n) is 5.46. The van der Waals surface area contributed by atoms with Crippen LogP contribution in [0.25, 0.3) is 11.0 Å². The van der Waals surface area contributed by atoms with Crippen LogP contribution < -0.4 is 0 Å². The van der Waals surface area contributed by atoms with Gasteiger partial charge in [-0.2, -0.15) is 0 Å². The van der Waals surface area contributed by atoms with Crippen LogP contribution in [0.5, 0.6) is 0 Å². The Morgan fingerprint density at radius 2 is 1.59 bits per heavy atom. The average molecular weight is 452 g/mol. The number of nitrogens with zero attached hydrogens (tertiary/aromatic N) is 3. The van der Waals surface area contributed by atoms with Crippen LogP contribution in [0, 0.1) is 27.7 Å². The molecule has 0 bridgehead atoms. The molecule has 0 N–H and O–H groups in total. The molecule has 1 amide bonds. The van der Waals surface area contributed by atoms with Gasteiger partial charge in [-0.1, -0.05) is 48.5 Å². The van der Waals surface area contributed by atoms with Crippen molar-refractivity contribution in [3.05, 3.63) is 99.9 Å². The Morgan fingerprint density at radius 3 is 2.29 bits per heavy atom. The van der Waals surface area contributed by atoms with Crippen molar-refractivity contribution in [2.45, 2.75) is 59.5 Å². The molecule has 0 saturated carbocycles. The summed E-state index contributed by atoms with van der Waals surface area (Å²) in [5.41, 5.74) is 10.00. The normalized spacial score (nSPS) is 17.0. The molecule has 174 valence electrons. The van der Waals surface area contributed by atoms with Crippen LogP contribution in [0.4, 0.5) is 0 Å². The highest BCUT2D eigenvalue weighted by atomic mass is 16.2. The summed E-state index contributed by atoms with van der Waals surface area (Å²) >= 11 is 0. The first-order chi connectivity index (χ1) is 16.3. The summed E-state index contributed by atoms with van der Waals surface area (Å²) in [5, 5.41) is 0. The Balaban J connectivity index is 1.55. The first-order valence-electron chi connectivity index (χ1n) is 12.2. The van der Waals surface area contributed by atoms with E-state index in [2.05, 4.69) is 75.6 Å². The number of para-hydroxylation sites is 2. The lowest BCUT2D eigenvalue weighted by Crippen LogP contribution is -2.28. The molecule has 2 atom stereocenters. The van der Waals surface area contributed by atoms with Crippen molar-refractivity contribution in [3.63, 3.8) is 0 Å². The smallest absolute Gasteiger partial charge is 0.223 e. The average Bonchev–Trinajstić information content (AvgIpc) is 3.41. The molecule has 4 nitrogen and oxygen atoms in total. The molecule has 0 radical (unpaired) electrons. The van der Waals surface area contributed by atoms with E-state index in [9.17, 15) is 4.79 Å². The minimum Gasteiger partial charge on any atom is -0.335 e. The number of hydrogen-bond acceptors (Lipinski definition) is 2. The fourth-order valence-corrected chi connectivity index (χ4v) is 5.46. The van der Waals surface area contributed by atoms with Crippen molar-refractivity contribution in [1.82, 2.24) is 14.5 Å². The molecule has 0 spiro atoms. The van der Waals surface area contributed by atoms with Crippen LogP contribution in [-0.4, -0.2) is 26.9 Å². The highest BCUT2D eigenvalue weighted by molar-refractivity contribution is 5.81. The van der Waals surface area contributed by atoms with Crippen molar-refractivity contribution >= 4 is 16.9 Å². The molecule has 5 rings (SSSR count). The third-order valence-electron chi connectivity index (χ3n) is 7.79. The molecular weight excluding hydrogens is 418 g/mol. The zero-order chi connectivity index (χ0) is 24.0. The van der Waals surface area contributed by atoms with Gasteiger partial charge in [-0.3, -0.25) is 4.79 Å². The van der Waals surface area contributed by atoms with E-state index in [0.29, 0.717) is 13.0 Å². The molecule has 1 aliphatic heterocycles. The van der Waals surface area contributed by atoms with Crippen LogP contribution >= 0.6 is 0 Å². The summed E-state index contributed by atoms with van der Waals surface area (Å²) in [6.07, 6.45) is 0.505. The van der Waals surface area contributed by atoms with E-state index in [1.54, 1.807) is 0 Å². The number of rotatable bonds is 5. The van der Waals surface area contributed by atoms with Gasteiger partial charge in [0.05, 0.1) is 17.1 Å². The number of hydrogen-bond donors (Lipinski definition) is 0. The van der Waals surface area contributed by atoms with Gasteiger partial charge in [0.2, 0.25) is 5.91 Å². The Morgan fingerprint density at radius 1 is 0.941 bits per heavy atom. The predicted molar refractivity (Wildman–Crippen MR) is 138 cm³/mol. The number of aryl methyl sites for hydroxylation is 2. The lowest BCUT2D eigenvalue weighted by molar-refractivity contribution is -0.129. The van der Waals surface area contributed by atoms with E-state index in [0.717, 1.165) is 23.4 Å². The van der Waals surface area contributed by atoms with Crippen LogP contribution in [0.2, 0.25) is 0 Å². The van der Waals surface area contributed by atoms with Gasteiger partial charge in [0.15, 0.2) is 0 Å². The molecule has 3 aromatic carbocycles. The number of carbonyl (C=O) groups excluding carboxylic acids is 1. The first kappa shape index (κ1) is 22.4. The molecular formula is C30H33N3O. The summed E-state index contributed by atoms with van der Waals surface area (Å²) in [4.78, 5) is 20.2. The fraction of sp³-hybridized carbons (Fsp3) is 0.333. The topological polar surface area (TPSA) is 38.1 Å². The highest BCUT2D eigenvalue weighted by Crippen LogP contribution is 2.36. The second-order valence-electron chi connectivity index (χ2n) is 9.82. The SMILES string of the molecule is Cc1cc(C)c(C)c(Cn2c(C3CC(=O)N(C(C)c4ccccc4)C3)nc3ccccc32)c1C. The summed E-state index contributed by atoms with van der Waals surface area (Å²) in [6.45, 7) is 12.4. The largest absolute Gasteiger partial charge is 0.335 e. The van der Waals surface area contributed by atoms with Crippen LogP contribution in [0.1, 0.15) is 64.5 Å². The summed E-state index contributed by atoms with van der Waals surface area (Å²) in [7, 11) is 0. The molecule has 34 heavy (non-hydrogen) atoms. The van der Waals surface area contributed by atoms with Gasteiger partial charge in [0.1, 0.15) is 5.82 Å². The Labute approximate surface area is 202 Å². The monoisotopic (exact) mass is 451 g/mol. The summed E-state index contributed by atoms with van der Waals surface area (Å²) < 4.78 is 2.36. The number of carbonyl (C=O) groups is 1. The number of amides is 1. The van der Waals surface area contributed by atoms with Crippen molar-refractivity contribution in [1.29, 1.82) is 0 Å². The zero-order valence-corrected chi connectivity index (χ0v) is 20.8. The van der Waals surface area contributed by atoms with E-state index in [1.165, 1.54) is 33.4 Å². The number of likely N-dealkylation sites (tertiary alicyclic amines) is 1. The lowest BCUT2D eigenvalue weighted by atomic mass is 9.94. The molecule has 1 fully saturated rings. The van der Waals surface area contributed by atoms with E-state index in [-0.39, 0.29) is 17.9 Å². The minimum atomic E-state index is 0.0560. The van der Waals surface area contributed by atoms with Crippen LogP contribution in [-0.2, 0) is 11.3 Å².